The number of hydrogen-bond acceptors (Lipinski definition) is 2. The number of nitrogens with zero attached hydrogens (tertiary/aromatic N) is 2. The topological polar surface area (TPSA) is 46.9 Å². The number of hydrogen-bond donors (Lipinski definition) is 1. The van der Waals surface area contributed by atoms with Gasteiger partial charge in [0.05, 0.1) is 0 Å². The van der Waals surface area contributed by atoms with Gasteiger partial charge in [-0.25, -0.2) is 4.98 Å². The zero-order valence-corrected chi connectivity index (χ0v) is 11.3. The third-order valence-electron chi connectivity index (χ3n) is 2.19. The summed E-state index contributed by atoms with van der Waals surface area (Å²) < 4.78 is 2.60. The molecule has 1 N–H and O–H groups in total. The van der Waals surface area contributed by atoms with Gasteiger partial charge in [-0.15, -0.1) is 0 Å². The second-order valence-electron chi connectivity index (χ2n) is 3.48. The van der Waals surface area contributed by atoms with Crippen LogP contribution in [0.2, 0.25) is 5.15 Å². The lowest BCUT2D eigenvalue weighted by Gasteiger charge is -2.05. The van der Waals surface area contributed by atoms with Gasteiger partial charge in [-0.3, -0.25) is 4.79 Å². The quantitative estimate of drug-likeness (QED) is 0.866. The van der Waals surface area contributed by atoms with E-state index in [1.165, 1.54) is 0 Å². The number of carbonyl (C=O) groups excluding carboxylic acids is 1. The van der Waals surface area contributed by atoms with Crippen LogP contribution in [-0.2, 0) is 7.05 Å². The molecule has 2 aromatic rings. The van der Waals surface area contributed by atoms with Gasteiger partial charge in [-0.1, -0.05) is 11.6 Å². The maximum Gasteiger partial charge on any atom is 0.272 e. The van der Waals surface area contributed by atoms with Gasteiger partial charge < -0.3 is 9.88 Å². The van der Waals surface area contributed by atoms with Crippen molar-refractivity contribution in [2.45, 2.75) is 0 Å². The molecule has 0 radical (unpaired) electrons. The zero-order chi connectivity index (χ0) is 12.4. The molecule has 2 heterocycles. The lowest BCUT2D eigenvalue weighted by atomic mass is 10.3. The van der Waals surface area contributed by atoms with Gasteiger partial charge in [-0.05, 0) is 34.1 Å². The smallest absolute Gasteiger partial charge is 0.272 e. The molecule has 0 atom stereocenters. The van der Waals surface area contributed by atoms with E-state index < -0.39 is 0 Å². The van der Waals surface area contributed by atoms with E-state index in [4.69, 9.17) is 11.6 Å². The molecule has 0 bridgehead atoms. The van der Waals surface area contributed by atoms with Crippen molar-refractivity contribution in [1.29, 1.82) is 0 Å². The number of aryl methyl sites for hydroxylation is 1. The fraction of sp³-hybridized carbons (Fsp3) is 0.0909. The summed E-state index contributed by atoms with van der Waals surface area (Å²) in [6.45, 7) is 0. The number of aromatic nitrogens is 2. The standard InChI is InChI=1S/C11H9BrClN3O/c1-16-6-7(12)4-9(16)11(17)15-8-2-3-14-10(13)5-8/h2-6H,1H3,(H,14,15,17). The maximum absolute atomic E-state index is 11.9. The van der Waals surface area contributed by atoms with Gasteiger partial charge in [0, 0.05) is 29.6 Å². The van der Waals surface area contributed by atoms with Crippen molar-refractivity contribution >= 4 is 39.1 Å². The molecule has 0 aliphatic heterocycles. The molecule has 17 heavy (non-hydrogen) atoms. The van der Waals surface area contributed by atoms with Crippen LogP contribution in [0.15, 0.2) is 35.1 Å². The third-order valence-corrected chi connectivity index (χ3v) is 2.83. The van der Waals surface area contributed by atoms with Crippen LogP contribution in [0, 0.1) is 0 Å². The highest BCUT2D eigenvalue weighted by Gasteiger charge is 2.11. The van der Waals surface area contributed by atoms with Crippen LogP contribution >= 0.6 is 27.5 Å². The van der Waals surface area contributed by atoms with Gasteiger partial charge >= 0.3 is 0 Å². The third kappa shape index (κ3) is 2.87. The highest BCUT2D eigenvalue weighted by atomic mass is 79.9. The first-order valence-corrected chi connectivity index (χ1v) is 5.98. The number of amides is 1. The summed E-state index contributed by atoms with van der Waals surface area (Å²) in [4.78, 5) is 15.8. The van der Waals surface area contributed by atoms with Crippen LogP contribution in [0.5, 0.6) is 0 Å². The highest BCUT2D eigenvalue weighted by molar-refractivity contribution is 9.10. The number of anilines is 1. The van der Waals surface area contributed by atoms with Crippen LogP contribution < -0.4 is 5.32 Å². The monoisotopic (exact) mass is 313 g/mol. The summed E-state index contributed by atoms with van der Waals surface area (Å²) in [5, 5.41) is 3.09. The van der Waals surface area contributed by atoms with Crippen molar-refractivity contribution < 1.29 is 4.79 Å². The van der Waals surface area contributed by atoms with E-state index in [1.54, 1.807) is 36.0 Å². The van der Waals surface area contributed by atoms with Gasteiger partial charge in [0.2, 0.25) is 0 Å². The first-order chi connectivity index (χ1) is 8.06. The fourth-order valence-electron chi connectivity index (χ4n) is 1.43. The summed E-state index contributed by atoms with van der Waals surface area (Å²) in [6.07, 6.45) is 3.35. The predicted octanol–water partition coefficient (Wildman–Crippen LogP) is 3.09. The molecule has 0 fully saturated rings. The summed E-state index contributed by atoms with van der Waals surface area (Å²) in [5.41, 5.74) is 1.18. The van der Waals surface area contributed by atoms with Crippen molar-refractivity contribution in [3.8, 4) is 0 Å². The van der Waals surface area contributed by atoms with Crippen LogP contribution in [0.3, 0.4) is 0 Å². The molecule has 6 heteroatoms. The minimum atomic E-state index is -0.194. The molecule has 0 spiro atoms. The lowest BCUT2D eigenvalue weighted by Crippen LogP contribution is -2.15. The van der Waals surface area contributed by atoms with E-state index in [9.17, 15) is 4.79 Å². The lowest BCUT2D eigenvalue weighted by molar-refractivity contribution is 0.101. The fourth-order valence-corrected chi connectivity index (χ4v) is 2.12. The first kappa shape index (κ1) is 12.1. The SMILES string of the molecule is Cn1cc(Br)cc1C(=O)Nc1ccnc(Cl)c1. The van der Waals surface area contributed by atoms with E-state index in [0.717, 1.165) is 4.47 Å². The van der Waals surface area contributed by atoms with Crippen molar-refractivity contribution in [1.82, 2.24) is 9.55 Å². The van der Waals surface area contributed by atoms with Crippen molar-refractivity contribution in [2.24, 2.45) is 7.05 Å². The molecular formula is C11H9BrClN3O. The van der Waals surface area contributed by atoms with Crippen LogP contribution in [-0.4, -0.2) is 15.5 Å². The van der Waals surface area contributed by atoms with Crippen LogP contribution in [0.25, 0.3) is 0 Å². The van der Waals surface area contributed by atoms with E-state index >= 15 is 0 Å². The van der Waals surface area contributed by atoms with E-state index in [-0.39, 0.29) is 5.91 Å². The Morgan fingerprint density at radius 3 is 2.88 bits per heavy atom. The van der Waals surface area contributed by atoms with Gasteiger partial charge in [-0.2, -0.15) is 0 Å². The average molecular weight is 315 g/mol. The second kappa shape index (κ2) is 4.89. The molecule has 0 aliphatic rings. The van der Waals surface area contributed by atoms with Crippen LogP contribution in [0.1, 0.15) is 10.5 Å². The van der Waals surface area contributed by atoms with Gasteiger partial charge in [0.1, 0.15) is 10.8 Å². The molecule has 0 aromatic carbocycles. The molecule has 1 amide bonds. The highest BCUT2D eigenvalue weighted by Crippen LogP contribution is 2.16. The molecule has 2 rings (SSSR count). The predicted molar refractivity (Wildman–Crippen MR) is 70.3 cm³/mol. The Bertz CT molecular complexity index is 568. The van der Waals surface area contributed by atoms with Crippen molar-refractivity contribution in [3.63, 3.8) is 0 Å². The Kier molecular flexibility index (Phi) is 3.49. The number of halogens is 2. The molecule has 0 aliphatic carbocycles. The Hall–Kier alpha value is -1.33. The Morgan fingerprint density at radius 1 is 1.53 bits per heavy atom. The minimum Gasteiger partial charge on any atom is -0.345 e. The minimum absolute atomic E-state index is 0.194. The molecule has 0 saturated heterocycles. The second-order valence-corrected chi connectivity index (χ2v) is 4.78. The number of rotatable bonds is 2. The number of pyridine rings is 1. The average Bonchev–Trinajstić information content (AvgIpc) is 2.58. The summed E-state index contributed by atoms with van der Waals surface area (Å²) in [6, 6.07) is 5.03. The van der Waals surface area contributed by atoms with Crippen molar-refractivity contribution in [2.75, 3.05) is 5.32 Å². The number of carbonyl (C=O) groups is 1. The van der Waals surface area contributed by atoms with Crippen LogP contribution in [0.4, 0.5) is 5.69 Å². The maximum atomic E-state index is 11.9. The molecule has 0 unspecified atom stereocenters. The molecule has 88 valence electrons. The number of nitrogens with one attached hydrogen (secondary N) is 1. The Labute approximate surface area is 112 Å². The Balaban J connectivity index is 2.20. The zero-order valence-electron chi connectivity index (χ0n) is 8.95. The van der Waals surface area contributed by atoms with E-state index in [0.29, 0.717) is 16.5 Å². The van der Waals surface area contributed by atoms with Gasteiger partial charge in [0.15, 0.2) is 0 Å². The summed E-state index contributed by atoms with van der Waals surface area (Å²) >= 11 is 9.05. The van der Waals surface area contributed by atoms with E-state index in [2.05, 4.69) is 26.2 Å². The molecule has 0 saturated carbocycles. The normalized spacial score (nSPS) is 10.3. The summed E-state index contributed by atoms with van der Waals surface area (Å²) in [7, 11) is 1.80. The summed E-state index contributed by atoms with van der Waals surface area (Å²) in [5.74, 6) is -0.194. The molecule has 2 aromatic heterocycles. The Morgan fingerprint density at radius 2 is 2.29 bits per heavy atom. The first-order valence-electron chi connectivity index (χ1n) is 4.81. The van der Waals surface area contributed by atoms with Crippen molar-refractivity contribution in [3.05, 3.63) is 45.9 Å². The molecular weight excluding hydrogens is 305 g/mol. The molecule has 4 nitrogen and oxygen atoms in total. The largest absolute Gasteiger partial charge is 0.345 e. The van der Waals surface area contributed by atoms with E-state index in [1.807, 2.05) is 6.20 Å². The van der Waals surface area contributed by atoms with Gasteiger partial charge in [0.25, 0.3) is 5.91 Å².